The van der Waals surface area contributed by atoms with E-state index >= 15 is 0 Å². The summed E-state index contributed by atoms with van der Waals surface area (Å²) in [5.41, 5.74) is 0.150. The largest absolute Gasteiger partial charge is 0.492 e. The van der Waals surface area contributed by atoms with Crippen molar-refractivity contribution in [1.29, 1.82) is 0 Å². The minimum Gasteiger partial charge on any atom is -0.400 e. The van der Waals surface area contributed by atoms with E-state index in [0.29, 0.717) is 6.54 Å². The van der Waals surface area contributed by atoms with Crippen molar-refractivity contribution in [1.82, 2.24) is 5.32 Å². The third-order valence-electron chi connectivity index (χ3n) is 3.97. The molecule has 6 heteroatoms. The molecule has 1 amide bonds. The number of nitrogens with one attached hydrogen (secondary N) is 1. The van der Waals surface area contributed by atoms with Crippen LogP contribution in [0, 0.1) is 0 Å². The lowest BCUT2D eigenvalue weighted by Crippen LogP contribution is -2.41. The van der Waals surface area contributed by atoms with Crippen molar-refractivity contribution in [3.05, 3.63) is 27.9 Å². The number of carbonyl (C=O) groups excluding carboxylic acids is 1. The smallest absolute Gasteiger partial charge is 0.400 e. The highest BCUT2D eigenvalue weighted by Crippen LogP contribution is 2.38. The van der Waals surface area contributed by atoms with E-state index in [9.17, 15) is 4.79 Å². The molecule has 0 saturated carbocycles. The van der Waals surface area contributed by atoms with Gasteiger partial charge in [0.2, 0.25) is 5.91 Å². The summed E-state index contributed by atoms with van der Waals surface area (Å²) >= 11 is 1.64. The molecule has 0 bridgehead atoms. The summed E-state index contributed by atoms with van der Waals surface area (Å²) in [5, 5.41) is 4.85. The summed E-state index contributed by atoms with van der Waals surface area (Å²) in [7, 11) is -0.441. The quantitative estimate of drug-likeness (QED) is 0.870. The molecule has 1 saturated heterocycles. The molecule has 2 heterocycles. The van der Waals surface area contributed by atoms with Crippen LogP contribution in [0.5, 0.6) is 0 Å². The fourth-order valence-electron chi connectivity index (χ4n) is 1.98. The van der Waals surface area contributed by atoms with Gasteiger partial charge in [-0.1, -0.05) is 6.07 Å². The van der Waals surface area contributed by atoms with Crippen LogP contribution in [0.4, 0.5) is 0 Å². The number of rotatable bonds is 4. The molecule has 0 radical (unpaired) electrons. The predicted octanol–water partition coefficient (Wildman–Crippen LogP) is 2.90. The fourth-order valence-corrected chi connectivity index (χ4v) is 2.67. The molecule has 1 aliphatic heterocycles. The minimum absolute atomic E-state index is 0.0661. The third-order valence-corrected chi connectivity index (χ3v) is 4.79. The summed E-state index contributed by atoms with van der Waals surface area (Å²) in [4.78, 5) is 12.3. The van der Waals surface area contributed by atoms with Gasteiger partial charge in [-0.2, -0.15) is 0 Å². The van der Waals surface area contributed by atoms with Crippen molar-refractivity contribution in [3.63, 3.8) is 0 Å². The van der Waals surface area contributed by atoms with Crippen LogP contribution >= 0.6 is 11.3 Å². The Morgan fingerprint density at radius 3 is 2.43 bits per heavy atom. The maximum Gasteiger partial charge on any atom is 0.492 e. The Hall–Kier alpha value is -1.11. The van der Waals surface area contributed by atoms with Gasteiger partial charge in [0, 0.05) is 18.3 Å². The van der Waals surface area contributed by atoms with E-state index in [2.05, 4.69) is 5.32 Å². The molecule has 0 unspecified atom stereocenters. The molecule has 0 atom stereocenters. The second-order valence-electron chi connectivity index (χ2n) is 6.23. The number of amides is 1. The molecule has 1 fully saturated rings. The first-order valence-corrected chi connectivity index (χ1v) is 7.93. The average molecular weight is 307 g/mol. The standard InChI is InChI=1S/C15H22BNO3S/c1-11(18)17-10-12(9-13-7-6-8-21-13)16-19-14(2,3)15(4,5)20-16/h6-9H,10H2,1-5H3,(H,17,18). The first kappa shape index (κ1) is 16.3. The lowest BCUT2D eigenvalue weighted by molar-refractivity contribution is -0.118. The molecule has 21 heavy (non-hydrogen) atoms. The minimum atomic E-state index is -0.441. The number of hydrogen-bond acceptors (Lipinski definition) is 4. The maximum absolute atomic E-state index is 11.2. The van der Waals surface area contributed by atoms with Gasteiger partial charge in [-0.3, -0.25) is 4.79 Å². The van der Waals surface area contributed by atoms with Crippen LogP contribution in [0.1, 0.15) is 39.5 Å². The fraction of sp³-hybridized carbons (Fsp3) is 0.533. The van der Waals surface area contributed by atoms with Crippen molar-refractivity contribution in [2.45, 2.75) is 45.8 Å². The average Bonchev–Trinajstić information content (AvgIpc) is 2.91. The molecule has 0 aromatic carbocycles. The second-order valence-corrected chi connectivity index (χ2v) is 7.21. The van der Waals surface area contributed by atoms with Crippen molar-refractivity contribution in [3.8, 4) is 0 Å². The molecule has 1 N–H and O–H groups in total. The Morgan fingerprint density at radius 2 is 1.95 bits per heavy atom. The predicted molar refractivity (Wildman–Crippen MR) is 87.1 cm³/mol. The molecule has 2 rings (SSSR count). The Balaban J connectivity index is 2.22. The number of carbonyl (C=O) groups is 1. The Morgan fingerprint density at radius 1 is 1.33 bits per heavy atom. The van der Waals surface area contributed by atoms with Gasteiger partial charge in [0.05, 0.1) is 11.2 Å². The van der Waals surface area contributed by atoms with E-state index in [4.69, 9.17) is 9.31 Å². The topological polar surface area (TPSA) is 47.6 Å². The second kappa shape index (κ2) is 5.95. The van der Waals surface area contributed by atoms with Gasteiger partial charge in [0.15, 0.2) is 0 Å². The lowest BCUT2D eigenvalue weighted by Gasteiger charge is -2.32. The SMILES string of the molecule is CC(=O)NCC(=Cc1cccs1)B1OC(C)(C)C(C)(C)O1. The molecular formula is C15H22BNO3S. The monoisotopic (exact) mass is 307 g/mol. The zero-order valence-corrected chi connectivity index (χ0v) is 14.0. The Labute approximate surface area is 130 Å². The summed E-state index contributed by atoms with van der Waals surface area (Å²) in [6, 6.07) is 4.03. The zero-order valence-electron chi connectivity index (χ0n) is 13.2. The molecule has 114 valence electrons. The highest BCUT2D eigenvalue weighted by Gasteiger charge is 2.52. The highest BCUT2D eigenvalue weighted by atomic mass is 32.1. The molecule has 1 aromatic heterocycles. The van der Waals surface area contributed by atoms with Crippen molar-refractivity contribution < 1.29 is 14.1 Å². The van der Waals surface area contributed by atoms with Gasteiger partial charge in [-0.15, -0.1) is 11.3 Å². The van der Waals surface area contributed by atoms with Crippen LogP contribution in [-0.2, 0) is 14.1 Å². The maximum atomic E-state index is 11.2. The normalized spacial score (nSPS) is 20.6. The van der Waals surface area contributed by atoms with Gasteiger partial charge >= 0.3 is 7.12 Å². The van der Waals surface area contributed by atoms with E-state index in [-0.39, 0.29) is 17.1 Å². The van der Waals surface area contributed by atoms with Crippen molar-refractivity contribution in [2.75, 3.05) is 6.54 Å². The van der Waals surface area contributed by atoms with E-state index in [0.717, 1.165) is 10.3 Å². The van der Waals surface area contributed by atoms with Gasteiger partial charge in [0.25, 0.3) is 0 Å². The van der Waals surface area contributed by atoms with Crippen LogP contribution < -0.4 is 5.32 Å². The van der Waals surface area contributed by atoms with Gasteiger partial charge in [-0.25, -0.2) is 0 Å². The van der Waals surface area contributed by atoms with Crippen LogP contribution in [0.15, 0.2) is 23.0 Å². The van der Waals surface area contributed by atoms with Crippen molar-refractivity contribution >= 4 is 30.4 Å². The van der Waals surface area contributed by atoms with Crippen LogP contribution in [0.3, 0.4) is 0 Å². The summed E-state index contributed by atoms with van der Waals surface area (Å²) in [6.45, 7) is 10.0. The van der Waals surface area contributed by atoms with E-state index in [1.807, 2.05) is 51.3 Å². The van der Waals surface area contributed by atoms with Gasteiger partial charge in [-0.05, 0) is 50.7 Å². The number of thiophene rings is 1. The molecule has 1 aromatic rings. The summed E-state index contributed by atoms with van der Waals surface area (Å²) < 4.78 is 12.1. The highest BCUT2D eigenvalue weighted by molar-refractivity contribution is 7.10. The first-order valence-electron chi connectivity index (χ1n) is 7.05. The number of hydrogen-bond donors (Lipinski definition) is 1. The summed E-state index contributed by atoms with van der Waals surface area (Å²) in [5.74, 6) is -0.0661. The van der Waals surface area contributed by atoms with Crippen LogP contribution in [-0.4, -0.2) is 30.8 Å². The zero-order chi connectivity index (χ0) is 15.7. The van der Waals surface area contributed by atoms with Gasteiger partial charge in [0.1, 0.15) is 0 Å². The first-order chi connectivity index (χ1) is 9.71. The molecule has 1 aliphatic rings. The molecule has 0 spiro atoms. The molecule has 4 nitrogen and oxygen atoms in total. The van der Waals surface area contributed by atoms with Gasteiger partial charge < -0.3 is 14.6 Å². The van der Waals surface area contributed by atoms with Crippen molar-refractivity contribution in [2.24, 2.45) is 0 Å². The van der Waals surface area contributed by atoms with Crippen LogP contribution in [0.2, 0.25) is 0 Å². The lowest BCUT2D eigenvalue weighted by atomic mass is 9.77. The van der Waals surface area contributed by atoms with E-state index < -0.39 is 7.12 Å². The molecular weight excluding hydrogens is 285 g/mol. The summed E-state index contributed by atoms with van der Waals surface area (Å²) in [6.07, 6.45) is 2.03. The Bertz CT molecular complexity index is 521. The Kier molecular flexibility index (Phi) is 4.61. The van der Waals surface area contributed by atoms with Crippen LogP contribution in [0.25, 0.3) is 6.08 Å². The van der Waals surface area contributed by atoms with E-state index in [1.54, 1.807) is 11.3 Å². The molecule has 0 aliphatic carbocycles. The van der Waals surface area contributed by atoms with E-state index in [1.165, 1.54) is 6.92 Å². The third kappa shape index (κ3) is 3.76.